The van der Waals surface area contributed by atoms with Crippen LogP contribution in [0.3, 0.4) is 0 Å². The van der Waals surface area contributed by atoms with E-state index < -0.39 is 7.05 Å². The summed E-state index contributed by atoms with van der Waals surface area (Å²) in [6, 6.07) is 36.4. The molecular weight excluding hydrogens is 378 g/mol. The predicted molar refractivity (Wildman–Crippen MR) is 118 cm³/mol. The zero-order chi connectivity index (χ0) is 20.1. The molecule has 4 aromatic carbocycles. The van der Waals surface area contributed by atoms with Crippen LogP contribution < -0.4 is 15.9 Å². The van der Waals surface area contributed by atoms with Crippen molar-refractivity contribution in [1.29, 1.82) is 5.26 Å². The molecule has 0 N–H and O–H groups in total. The molecule has 0 saturated heterocycles. The Kier molecular flexibility index (Phi) is 5.38. The highest BCUT2D eigenvalue weighted by molar-refractivity contribution is 7.87. The van der Waals surface area contributed by atoms with E-state index in [-0.39, 0.29) is 5.82 Å². The van der Waals surface area contributed by atoms with Crippen LogP contribution in [0.5, 0.6) is 0 Å². The third-order valence-electron chi connectivity index (χ3n) is 4.72. The second kappa shape index (κ2) is 8.27. The smallest absolute Gasteiger partial charge is 0.123 e. The molecule has 0 aliphatic heterocycles. The van der Waals surface area contributed by atoms with Gasteiger partial charge in [0.25, 0.3) is 0 Å². The minimum atomic E-state index is -2.44. The van der Waals surface area contributed by atoms with Crippen LogP contribution in [0.4, 0.5) is 10.1 Å². The lowest BCUT2D eigenvalue weighted by molar-refractivity contribution is 0.628. The van der Waals surface area contributed by atoms with Gasteiger partial charge in [0, 0.05) is 15.9 Å². The highest BCUT2D eigenvalue weighted by atomic mass is 31.2. The number of rotatable bonds is 4. The molecule has 0 fully saturated rings. The van der Waals surface area contributed by atoms with E-state index in [1.54, 1.807) is 12.1 Å². The first-order valence-electron chi connectivity index (χ1n) is 9.22. The molecule has 0 aliphatic rings. The fourth-order valence-corrected chi connectivity index (χ4v) is 6.85. The van der Waals surface area contributed by atoms with Crippen LogP contribution in [0.25, 0.3) is 0 Å². The van der Waals surface area contributed by atoms with Gasteiger partial charge in [-0.1, -0.05) is 60.7 Å². The van der Waals surface area contributed by atoms with E-state index in [1.165, 1.54) is 12.1 Å². The Bertz CT molecular complexity index is 1150. The van der Waals surface area contributed by atoms with E-state index in [0.717, 1.165) is 21.6 Å². The number of hydrogen-bond acceptors (Lipinski definition) is 2. The largest absolute Gasteiger partial charge is 0.254 e. The van der Waals surface area contributed by atoms with Crippen molar-refractivity contribution in [3.05, 3.63) is 121 Å². The van der Waals surface area contributed by atoms with Crippen LogP contribution in [0.15, 0.2) is 114 Å². The van der Waals surface area contributed by atoms with Crippen LogP contribution in [0.1, 0.15) is 5.56 Å². The zero-order valence-corrected chi connectivity index (χ0v) is 16.5. The number of nitriles is 1. The van der Waals surface area contributed by atoms with Gasteiger partial charge in [0.2, 0.25) is 0 Å². The highest BCUT2D eigenvalue weighted by Crippen LogP contribution is 2.49. The molecule has 0 saturated carbocycles. The summed E-state index contributed by atoms with van der Waals surface area (Å²) in [7, 11) is -2.44. The van der Waals surface area contributed by atoms with Gasteiger partial charge in [0.15, 0.2) is 0 Å². The maximum absolute atomic E-state index is 13.7. The van der Waals surface area contributed by atoms with E-state index in [0.29, 0.717) is 5.56 Å². The Balaban J connectivity index is 2.09. The molecule has 0 bridgehead atoms. The first-order valence-corrected chi connectivity index (χ1v) is 11.0. The molecule has 4 rings (SSSR count). The molecule has 0 amide bonds. The van der Waals surface area contributed by atoms with Crippen molar-refractivity contribution in [2.75, 3.05) is 0 Å². The lowest BCUT2D eigenvalue weighted by Gasteiger charge is -2.27. The van der Waals surface area contributed by atoms with E-state index in [1.807, 2.05) is 60.7 Å². The Morgan fingerprint density at radius 3 is 1.59 bits per heavy atom. The number of benzene rings is 4. The second-order valence-electron chi connectivity index (χ2n) is 6.54. The van der Waals surface area contributed by atoms with Gasteiger partial charge in [-0.2, -0.15) is 5.26 Å². The molecule has 0 aromatic heterocycles. The topological polar surface area (TPSA) is 36.1 Å². The summed E-state index contributed by atoms with van der Waals surface area (Å²) in [5.41, 5.74) is 1.38. The molecule has 140 valence electrons. The van der Waals surface area contributed by atoms with Crippen molar-refractivity contribution in [3.63, 3.8) is 0 Å². The van der Waals surface area contributed by atoms with Crippen LogP contribution in [0, 0.1) is 17.1 Å². The van der Waals surface area contributed by atoms with Crippen molar-refractivity contribution in [2.45, 2.75) is 0 Å². The van der Waals surface area contributed by atoms with Gasteiger partial charge in [0.1, 0.15) is 5.82 Å². The van der Waals surface area contributed by atoms with Gasteiger partial charge in [-0.25, -0.2) is 4.39 Å². The maximum atomic E-state index is 13.7. The fourth-order valence-electron chi connectivity index (χ4n) is 3.34. The molecule has 0 unspecified atom stereocenters. The Hall–Kier alpha value is -3.47. The summed E-state index contributed by atoms with van der Waals surface area (Å²) in [5, 5.41) is 12.3. The quantitative estimate of drug-likeness (QED) is 0.419. The van der Waals surface area contributed by atoms with Crippen LogP contribution in [-0.4, -0.2) is 0 Å². The number of nitrogens with zero attached hydrogens (tertiary/aromatic N) is 2. The highest BCUT2D eigenvalue weighted by Gasteiger charge is 2.27. The van der Waals surface area contributed by atoms with Gasteiger partial charge < -0.3 is 0 Å². The van der Waals surface area contributed by atoms with Crippen LogP contribution >= 0.6 is 7.05 Å². The summed E-state index contributed by atoms with van der Waals surface area (Å²) >= 11 is 0. The van der Waals surface area contributed by atoms with E-state index in [4.69, 9.17) is 10.0 Å². The molecular formula is C25H18FN2P. The molecule has 0 radical (unpaired) electrons. The van der Waals surface area contributed by atoms with Gasteiger partial charge in [-0.05, 0) is 48.5 Å². The van der Waals surface area contributed by atoms with Crippen molar-refractivity contribution in [1.82, 2.24) is 0 Å². The minimum absolute atomic E-state index is 0.272. The minimum Gasteiger partial charge on any atom is -0.254 e. The first-order chi connectivity index (χ1) is 14.2. The average Bonchev–Trinajstić information content (AvgIpc) is 2.80. The molecule has 4 aromatic rings. The summed E-state index contributed by atoms with van der Waals surface area (Å²) < 4.78 is 19.0. The maximum Gasteiger partial charge on any atom is 0.123 e. The molecule has 0 aliphatic carbocycles. The van der Waals surface area contributed by atoms with E-state index in [9.17, 15) is 4.39 Å². The fraction of sp³-hybridized carbons (Fsp3) is 0. The Morgan fingerprint density at radius 1 is 0.621 bits per heavy atom. The van der Waals surface area contributed by atoms with Gasteiger partial charge in [-0.3, -0.25) is 4.74 Å². The Morgan fingerprint density at radius 2 is 1.10 bits per heavy atom. The van der Waals surface area contributed by atoms with Gasteiger partial charge in [-0.15, -0.1) is 0 Å². The SMILES string of the molecule is N#Cc1ccc(N=P(c2ccccc2)(c2ccccc2)c2ccc(F)cc2)cc1. The normalized spacial score (nSPS) is 10.9. The lowest BCUT2D eigenvalue weighted by Crippen LogP contribution is -2.25. The van der Waals surface area contributed by atoms with E-state index in [2.05, 4.69) is 30.3 Å². The monoisotopic (exact) mass is 396 g/mol. The number of halogens is 1. The summed E-state index contributed by atoms with van der Waals surface area (Å²) in [5.74, 6) is -0.272. The molecule has 0 spiro atoms. The third-order valence-corrected chi connectivity index (χ3v) is 8.39. The van der Waals surface area contributed by atoms with Crippen molar-refractivity contribution in [3.8, 4) is 6.07 Å². The van der Waals surface area contributed by atoms with Crippen LogP contribution in [-0.2, 0) is 0 Å². The third kappa shape index (κ3) is 3.76. The van der Waals surface area contributed by atoms with E-state index >= 15 is 0 Å². The Labute approximate surface area is 170 Å². The van der Waals surface area contributed by atoms with Gasteiger partial charge >= 0.3 is 0 Å². The summed E-state index contributed by atoms with van der Waals surface area (Å²) in [6.07, 6.45) is 0. The molecule has 4 heteroatoms. The standard InChI is InChI=1S/C25H18FN2P/c26-21-13-17-25(18-14-21)29(23-7-3-1-4-8-23,24-9-5-2-6-10-24)28-22-15-11-20(19-27)12-16-22/h1-18H. The summed E-state index contributed by atoms with van der Waals surface area (Å²) in [6.45, 7) is 0. The summed E-state index contributed by atoms with van der Waals surface area (Å²) in [4.78, 5) is 0. The molecule has 2 nitrogen and oxygen atoms in total. The molecule has 0 heterocycles. The average molecular weight is 396 g/mol. The molecule has 0 atom stereocenters. The predicted octanol–water partition coefficient (Wildman–Crippen LogP) is 5.51. The zero-order valence-electron chi connectivity index (χ0n) is 15.6. The van der Waals surface area contributed by atoms with Crippen molar-refractivity contribution >= 4 is 28.7 Å². The number of hydrogen-bond donors (Lipinski definition) is 0. The van der Waals surface area contributed by atoms with Crippen molar-refractivity contribution in [2.24, 2.45) is 4.74 Å². The van der Waals surface area contributed by atoms with Gasteiger partial charge in [0.05, 0.1) is 24.4 Å². The second-order valence-corrected chi connectivity index (χ2v) is 9.56. The van der Waals surface area contributed by atoms with Crippen molar-refractivity contribution < 1.29 is 4.39 Å². The first kappa shape index (κ1) is 18.9. The molecule has 29 heavy (non-hydrogen) atoms. The lowest BCUT2D eigenvalue weighted by atomic mass is 10.2. The van der Waals surface area contributed by atoms with Crippen LogP contribution in [0.2, 0.25) is 0 Å².